The molecule has 1 saturated heterocycles. The van der Waals surface area contributed by atoms with Crippen LogP contribution in [0, 0.1) is 5.92 Å². The van der Waals surface area contributed by atoms with Gasteiger partial charge in [0.05, 0.1) is 11.1 Å². The number of ketones is 1. The predicted molar refractivity (Wildman–Crippen MR) is 107 cm³/mol. The monoisotopic (exact) mass is 433 g/mol. The zero-order valence-electron chi connectivity index (χ0n) is 16.2. The molecule has 2 N–H and O–H groups in total. The third-order valence-electron chi connectivity index (χ3n) is 5.33. The summed E-state index contributed by atoms with van der Waals surface area (Å²) >= 11 is 0. The fraction of sp³-hybridized carbons (Fsp3) is 0.286. The molecule has 0 unspecified atom stereocenters. The number of hydrogen-bond acceptors (Lipinski definition) is 5. The molecule has 1 aliphatic heterocycles. The van der Waals surface area contributed by atoms with Crippen LogP contribution >= 0.6 is 0 Å². The molecule has 1 fully saturated rings. The Kier molecular flexibility index (Phi) is 5.30. The normalized spacial score (nSPS) is 15.3. The van der Waals surface area contributed by atoms with Crippen molar-refractivity contribution in [1.29, 1.82) is 0 Å². The van der Waals surface area contributed by atoms with Crippen LogP contribution in [-0.2, 0) is 15.8 Å². The molecule has 0 radical (unpaired) electrons. The number of nitrogens with one attached hydrogen (secondary N) is 2. The molecule has 7 nitrogen and oxygen atoms in total. The van der Waals surface area contributed by atoms with Gasteiger partial charge < -0.3 is 14.6 Å². The van der Waals surface area contributed by atoms with E-state index in [0.29, 0.717) is 42.8 Å². The zero-order valence-corrected chi connectivity index (χ0v) is 16.2. The van der Waals surface area contributed by atoms with Gasteiger partial charge in [-0.3, -0.25) is 14.6 Å². The molecule has 1 aromatic heterocycles. The number of anilines is 2. The first-order valence-electron chi connectivity index (χ1n) is 9.61. The Morgan fingerprint density at radius 1 is 1.06 bits per heavy atom. The Morgan fingerprint density at radius 3 is 2.39 bits per heavy atom. The average Bonchev–Trinajstić information content (AvgIpc) is 3.12. The van der Waals surface area contributed by atoms with Crippen LogP contribution < -0.4 is 16.0 Å². The fourth-order valence-electron chi connectivity index (χ4n) is 3.66. The first kappa shape index (κ1) is 20.7. The van der Waals surface area contributed by atoms with Gasteiger partial charge >= 0.3 is 11.9 Å². The number of nitrogens with zero attached hydrogens (tertiary/aromatic N) is 1. The highest BCUT2D eigenvalue weighted by atomic mass is 19.4. The lowest BCUT2D eigenvalue weighted by atomic mass is 9.91. The van der Waals surface area contributed by atoms with Crippen molar-refractivity contribution in [2.24, 2.45) is 5.92 Å². The van der Waals surface area contributed by atoms with E-state index in [1.165, 1.54) is 18.2 Å². The molecule has 4 rings (SSSR count). The first-order chi connectivity index (χ1) is 14.7. The molecule has 0 spiro atoms. The number of H-pyrrole nitrogens is 1. The van der Waals surface area contributed by atoms with Gasteiger partial charge in [-0.1, -0.05) is 0 Å². The van der Waals surface area contributed by atoms with Crippen molar-refractivity contribution in [3.05, 3.63) is 58.6 Å². The second-order valence-corrected chi connectivity index (χ2v) is 7.35. The molecule has 1 aliphatic rings. The second-order valence-electron chi connectivity index (χ2n) is 7.35. The van der Waals surface area contributed by atoms with Crippen LogP contribution in [0.5, 0.6) is 0 Å². The number of amides is 1. The summed E-state index contributed by atoms with van der Waals surface area (Å²) in [6.45, 7) is 0.908. The highest BCUT2D eigenvalue weighted by Gasteiger charge is 2.32. The summed E-state index contributed by atoms with van der Waals surface area (Å²) in [7, 11) is 0. The Bertz CT molecular complexity index is 1170. The number of alkyl halides is 3. The van der Waals surface area contributed by atoms with E-state index in [2.05, 4.69) is 10.3 Å². The van der Waals surface area contributed by atoms with Crippen molar-refractivity contribution in [3.63, 3.8) is 0 Å². The second kappa shape index (κ2) is 7.93. The minimum Gasteiger partial charge on any atom is -0.408 e. The minimum absolute atomic E-state index is 0.264. The number of Topliss-reactive ketones (excluding diaryl/α,β-unsaturated/α-hetero) is 1. The lowest BCUT2D eigenvalue weighted by molar-refractivity contribution is -0.137. The molecular weight excluding hydrogens is 415 g/mol. The van der Waals surface area contributed by atoms with Gasteiger partial charge in [0, 0.05) is 36.4 Å². The molecule has 1 amide bonds. The molecule has 0 atom stereocenters. The predicted octanol–water partition coefficient (Wildman–Crippen LogP) is 3.56. The number of fused-ring (bicyclic) bond motifs is 1. The molecule has 0 bridgehead atoms. The first-order valence-corrected chi connectivity index (χ1v) is 9.61. The number of hydrogen-bond donors (Lipinski definition) is 2. The third kappa shape index (κ3) is 4.47. The van der Waals surface area contributed by atoms with Crippen molar-refractivity contribution in [2.45, 2.75) is 19.0 Å². The number of carbonyl (C=O) groups is 2. The minimum atomic E-state index is -4.39. The van der Waals surface area contributed by atoms with Crippen LogP contribution in [0.3, 0.4) is 0 Å². The SMILES string of the molecule is O=C(Nc1ccc2[nH]c(=O)oc2c1)C(=O)C1CCN(c2ccc(C(F)(F)F)cc2)CC1. The summed E-state index contributed by atoms with van der Waals surface area (Å²) < 4.78 is 43.0. The molecule has 3 aromatic rings. The van der Waals surface area contributed by atoms with Crippen LogP contribution in [0.2, 0.25) is 0 Å². The van der Waals surface area contributed by atoms with Gasteiger partial charge in [-0.05, 0) is 49.2 Å². The van der Waals surface area contributed by atoms with Crippen LogP contribution in [0.4, 0.5) is 24.5 Å². The number of oxazole rings is 1. The van der Waals surface area contributed by atoms with E-state index in [1.54, 1.807) is 12.1 Å². The van der Waals surface area contributed by atoms with Gasteiger partial charge in [-0.25, -0.2) is 4.79 Å². The van der Waals surface area contributed by atoms with E-state index in [1.807, 2.05) is 4.90 Å². The summed E-state index contributed by atoms with van der Waals surface area (Å²) in [5.74, 6) is -2.40. The summed E-state index contributed by atoms with van der Waals surface area (Å²) in [4.78, 5) is 40.5. The van der Waals surface area contributed by atoms with Gasteiger partial charge in [0.2, 0.25) is 5.78 Å². The van der Waals surface area contributed by atoms with E-state index in [-0.39, 0.29) is 5.58 Å². The molecule has 0 saturated carbocycles. The maximum atomic E-state index is 12.7. The topological polar surface area (TPSA) is 95.4 Å². The van der Waals surface area contributed by atoms with E-state index < -0.39 is 35.1 Å². The molecule has 10 heteroatoms. The lowest BCUT2D eigenvalue weighted by Gasteiger charge is -2.32. The van der Waals surface area contributed by atoms with Crippen molar-refractivity contribution in [1.82, 2.24) is 4.98 Å². The standard InChI is InChI=1S/C21H18F3N3O4/c22-21(23,24)13-1-4-15(5-2-13)27-9-7-12(8-10-27)18(28)19(29)25-14-3-6-16-17(11-14)31-20(30)26-16/h1-6,11-12H,7-10H2,(H,25,29)(H,26,30). The lowest BCUT2D eigenvalue weighted by Crippen LogP contribution is -2.39. The summed E-state index contributed by atoms with van der Waals surface area (Å²) in [6.07, 6.45) is -3.56. The number of carbonyl (C=O) groups excluding carboxylic acids is 2. The number of halogens is 3. The quantitative estimate of drug-likeness (QED) is 0.614. The Hall–Kier alpha value is -3.56. The number of benzene rings is 2. The van der Waals surface area contributed by atoms with Gasteiger partial charge in [-0.15, -0.1) is 0 Å². The summed E-state index contributed by atoms with van der Waals surface area (Å²) in [5.41, 5.74) is 1.00. The largest absolute Gasteiger partial charge is 0.417 e. The Labute approximate surface area is 173 Å². The smallest absolute Gasteiger partial charge is 0.408 e. The van der Waals surface area contributed by atoms with Crippen molar-refractivity contribution < 1.29 is 27.2 Å². The number of rotatable bonds is 4. The van der Waals surface area contributed by atoms with Crippen LogP contribution in [0.1, 0.15) is 18.4 Å². The fourth-order valence-corrected chi connectivity index (χ4v) is 3.66. The van der Waals surface area contributed by atoms with E-state index >= 15 is 0 Å². The van der Waals surface area contributed by atoms with Gasteiger partial charge in [-0.2, -0.15) is 13.2 Å². The molecular formula is C21H18F3N3O4. The number of aromatic amines is 1. The molecule has 31 heavy (non-hydrogen) atoms. The Balaban J connectivity index is 1.34. The highest BCUT2D eigenvalue weighted by molar-refractivity contribution is 6.41. The van der Waals surface area contributed by atoms with Gasteiger partial charge in [0.25, 0.3) is 5.91 Å². The zero-order chi connectivity index (χ0) is 22.2. The van der Waals surface area contributed by atoms with Crippen molar-refractivity contribution >= 4 is 34.2 Å². The van der Waals surface area contributed by atoms with Crippen LogP contribution in [-0.4, -0.2) is 29.8 Å². The highest BCUT2D eigenvalue weighted by Crippen LogP contribution is 2.31. The third-order valence-corrected chi connectivity index (χ3v) is 5.33. The molecule has 2 aromatic carbocycles. The molecule has 162 valence electrons. The maximum absolute atomic E-state index is 12.7. The van der Waals surface area contributed by atoms with Crippen LogP contribution in [0.25, 0.3) is 11.1 Å². The summed E-state index contributed by atoms with van der Waals surface area (Å²) in [6, 6.07) is 9.44. The van der Waals surface area contributed by atoms with E-state index in [4.69, 9.17) is 4.42 Å². The van der Waals surface area contributed by atoms with Crippen molar-refractivity contribution in [2.75, 3.05) is 23.3 Å². The summed E-state index contributed by atoms with van der Waals surface area (Å²) in [5, 5.41) is 2.52. The molecule has 0 aliphatic carbocycles. The van der Waals surface area contributed by atoms with Gasteiger partial charge in [0.1, 0.15) is 0 Å². The average molecular weight is 433 g/mol. The van der Waals surface area contributed by atoms with E-state index in [0.717, 1.165) is 12.1 Å². The van der Waals surface area contributed by atoms with Crippen LogP contribution in [0.15, 0.2) is 51.7 Å². The van der Waals surface area contributed by atoms with Gasteiger partial charge in [0.15, 0.2) is 5.58 Å². The van der Waals surface area contributed by atoms with Crippen molar-refractivity contribution in [3.8, 4) is 0 Å². The number of piperidine rings is 1. The Morgan fingerprint density at radius 2 is 1.74 bits per heavy atom. The van der Waals surface area contributed by atoms with E-state index in [9.17, 15) is 27.6 Å². The molecule has 2 heterocycles. The number of aromatic nitrogens is 1. The maximum Gasteiger partial charge on any atom is 0.417 e.